The molecule has 0 radical (unpaired) electrons. The van der Waals surface area contributed by atoms with Crippen LogP contribution in [0, 0.1) is 0 Å². The van der Waals surface area contributed by atoms with Crippen LogP contribution in [0.5, 0.6) is 0 Å². The molecule has 0 amide bonds. The van der Waals surface area contributed by atoms with E-state index in [1.54, 1.807) is 21.1 Å². The molecule has 19 heavy (non-hydrogen) atoms. The Morgan fingerprint density at radius 1 is 1.21 bits per heavy atom. The van der Waals surface area contributed by atoms with E-state index in [1.165, 1.54) is 0 Å². The Morgan fingerprint density at radius 3 is 1.74 bits per heavy atom. The zero-order valence-corrected chi connectivity index (χ0v) is 11.8. The maximum absolute atomic E-state index is 12.2. The first-order valence-electron chi connectivity index (χ1n) is 4.36. The highest BCUT2D eigenvalue weighted by Crippen LogP contribution is 2.36. The second-order valence-corrected chi connectivity index (χ2v) is 4.53. The number of hydrogen-bond donors (Lipinski definition) is 1. The van der Waals surface area contributed by atoms with Crippen LogP contribution in [-0.2, 0) is 16.1 Å². The zero-order valence-electron chi connectivity index (χ0n) is 10.2. The Bertz CT molecular complexity index is 267. The van der Waals surface area contributed by atoms with Crippen LogP contribution in [0.4, 0.5) is 22.0 Å². The van der Waals surface area contributed by atoms with Crippen molar-refractivity contribution in [2.24, 2.45) is 0 Å². The molecule has 0 spiro atoms. The topological polar surface area (TPSA) is 69.6 Å². The van der Waals surface area contributed by atoms with Crippen molar-refractivity contribution in [2.45, 2.75) is 12.3 Å². The number of hydrogen-bond acceptors (Lipinski definition) is 3. The molecule has 1 N–H and O–H groups in total. The number of alkyl halides is 5. The van der Waals surface area contributed by atoms with Gasteiger partial charge in [0.2, 0.25) is 0 Å². The molecule has 120 valence electrons. The molecule has 0 saturated carbocycles. The molecule has 0 aromatic heterocycles. The van der Waals surface area contributed by atoms with Crippen LogP contribution in [0.2, 0.25) is 0 Å². The normalized spacial score (nSPS) is 14.0. The summed E-state index contributed by atoms with van der Waals surface area (Å²) < 4.78 is 86.9. The van der Waals surface area contributed by atoms with Crippen LogP contribution in [0.15, 0.2) is 0 Å². The second kappa shape index (κ2) is 8.97. The molecular formula is C7H14ClF5NO4S-. The van der Waals surface area contributed by atoms with Crippen LogP contribution in [0.25, 0.3) is 0 Å². The van der Waals surface area contributed by atoms with Crippen molar-refractivity contribution in [3.63, 3.8) is 0 Å². The maximum Gasteiger partial charge on any atom is 0.482 e. The molecule has 0 saturated heterocycles. The number of quaternary nitrogens is 1. The SMILES string of the molecule is C[N+](C)(C)CCOC(F)(F)C(F)(F)F.O=S([O-])O.[Cl-]. The van der Waals surface area contributed by atoms with E-state index in [2.05, 4.69) is 4.74 Å². The van der Waals surface area contributed by atoms with Crippen molar-refractivity contribution in [3.8, 4) is 0 Å². The van der Waals surface area contributed by atoms with E-state index in [0.717, 1.165) is 0 Å². The van der Waals surface area contributed by atoms with Crippen molar-refractivity contribution < 1.29 is 56.9 Å². The molecule has 0 aliphatic heterocycles. The molecule has 0 heterocycles. The summed E-state index contributed by atoms with van der Waals surface area (Å²) in [6, 6.07) is 0. The third-order valence-corrected chi connectivity index (χ3v) is 1.38. The van der Waals surface area contributed by atoms with Gasteiger partial charge in [0.15, 0.2) is 0 Å². The molecule has 0 aliphatic rings. The van der Waals surface area contributed by atoms with E-state index in [-0.39, 0.29) is 23.4 Å². The van der Waals surface area contributed by atoms with Gasteiger partial charge >= 0.3 is 12.3 Å². The van der Waals surface area contributed by atoms with Crippen molar-refractivity contribution in [1.82, 2.24) is 0 Å². The quantitative estimate of drug-likeness (QED) is 0.373. The molecule has 0 aromatic carbocycles. The fourth-order valence-electron chi connectivity index (χ4n) is 0.530. The highest BCUT2D eigenvalue weighted by Gasteiger charge is 2.59. The summed E-state index contributed by atoms with van der Waals surface area (Å²) >= 11 is -2.86. The highest BCUT2D eigenvalue weighted by molar-refractivity contribution is 7.73. The summed E-state index contributed by atoms with van der Waals surface area (Å²) in [5, 5.41) is 0. The monoisotopic (exact) mass is 338 g/mol. The molecule has 1 unspecified atom stereocenters. The average molecular weight is 339 g/mol. The minimum atomic E-state index is -5.64. The molecule has 0 rings (SSSR count). The molecular weight excluding hydrogens is 325 g/mol. The van der Waals surface area contributed by atoms with Crippen molar-refractivity contribution >= 4 is 11.4 Å². The van der Waals surface area contributed by atoms with Crippen LogP contribution in [0.3, 0.4) is 0 Å². The predicted molar refractivity (Wildman–Crippen MR) is 51.4 cm³/mol. The zero-order chi connectivity index (χ0) is 15.2. The number of nitrogens with zero attached hydrogens (tertiary/aromatic N) is 1. The summed E-state index contributed by atoms with van der Waals surface area (Å²) in [5.74, 6) is 0. The third kappa shape index (κ3) is 15.9. The Hall–Kier alpha value is -0.0700. The van der Waals surface area contributed by atoms with Crippen LogP contribution < -0.4 is 12.4 Å². The van der Waals surface area contributed by atoms with Crippen LogP contribution in [-0.4, -0.2) is 64.4 Å². The first kappa shape index (κ1) is 24.0. The van der Waals surface area contributed by atoms with Gasteiger partial charge in [0.25, 0.3) is 0 Å². The molecule has 12 heteroatoms. The average Bonchev–Trinajstić information content (AvgIpc) is 1.96. The first-order valence-corrected chi connectivity index (χ1v) is 5.39. The van der Waals surface area contributed by atoms with Crippen molar-refractivity contribution in [1.29, 1.82) is 0 Å². The summed E-state index contributed by atoms with van der Waals surface area (Å²) in [6.45, 7) is -0.568. The number of ether oxygens (including phenoxy) is 1. The lowest BCUT2D eigenvalue weighted by molar-refractivity contribution is -0.871. The Kier molecular flexibility index (Phi) is 11.3. The predicted octanol–water partition coefficient (Wildman–Crippen LogP) is -1.79. The lowest BCUT2D eigenvalue weighted by atomic mass is 10.5. The van der Waals surface area contributed by atoms with Gasteiger partial charge < -0.3 is 30.7 Å². The summed E-state index contributed by atoms with van der Waals surface area (Å²) in [7, 11) is 4.99. The van der Waals surface area contributed by atoms with Gasteiger partial charge in [-0.2, -0.15) is 22.0 Å². The fraction of sp³-hybridized carbons (Fsp3) is 1.00. The maximum atomic E-state index is 12.2. The van der Waals surface area contributed by atoms with Gasteiger partial charge in [0, 0.05) is 0 Å². The van der Waals surface area contributed by atoms with Gasteiger partial charge in [-0.1, -0.05) is 0 Å². The molecule has 0 fully saturated rings. The third-order valence-electron chi connectivity index (χ3n) is 1.38. The minimum Gasteiger partial charge on any atom is -1.00 e. The Balaban J connectivity index is -0.000000448. The second-order valence-electron chi connectivity index (χ2n) is 4.09. The molecule has 0 aromatic rings. The standard InChI is InChI=1S/C7H13F5NO.ClH.H2O3S/c1-13(2,3)4-5-14-7(11,12)6(8,9)10;;1-4(2)3/h4-5H2,1-3H3;1H;(H2,1,2,3)/q+1;;/p-2. The molecule has 0 bridgehead atoms. The van der Waals surface area contributed by atoms with Gasteiger partial charge in [0.1, 0.15) is 13.2 Å². The molecule has 5 nitrogen and oxygen atoms in total. The van der Waals surface area contributed by atoms with Gasteiger partial charge in [-0.3, -0.25) is 0 Å². The number of halogens is 6. The van der Waals surface area contributed by atoms with E-state index < -0.39 is 30.3 Å². The highest BCUT2D eigenvalue weighted by atomic mass is 35.5. The van der Waals surface area contributed by atoms with Gasteiger partial charge in [-0.15, -0.1) is 0 Å². The van der Waals surface area contributed by atoms with E-state index in [4.69, 9.17) is 13.3 Å². The Morgan fingerprint density at radius 2 is 1.53 bits per heavy atom. The van der Waals surface area contributed by atoms with E-state index in [1.807, 2.05) is 0 Å². The minimum absolute atomic E-state index is 0. The summed E-state index contributed by atoms with van der Waals surface area (Å²) in [6.07, 6.45) is -10.7. The van der Waals surface area contributed by atoms with E-state index in [0.29, 0.717) is 0 Å². The van der Waals surface area contributed by atoms with Gasteiger partial charge in [-0.05, 0) is 0 Å². The smallest absolute Gasteiger partial charge is 0.482 e. The van der Waals surface area contributed by atoms with Gasteiger partial charge in [0.05, 0.1) is 32.5 Å². The first-order chi connectivity index (χ1) is 7.69. The lowest BCUT2D eigenvalue weighted by Gasteiger charge is -2.25. The van der Waals surface area contributed by atoms with E-state index >= 15 is 0 Å². The summed E-state index contributed by atoms with van der Waals surface area (Å²) in [5.41, 5.74) is 0. The van der Waals surface area contributed by atoms with E-state index in [9.17, 15) is 22.0 Å². The lowest BCUT2D eigenvalue weighted by Crippen LogP contribution is -3.00. The van der Waals surface area contributed by atoms with Crippen LogP contribution in [0.1, 0.15) is 0 Å². The molecule has 1 atom stereocenters. The molecule has 0 aliphatic carbocycles. The Labute approximate surface area is 115 Å². The number of likely N-dealkylation sites (N-methyl/N-ethyl adjacent to an activating group) is 1. The van der Waals surface area contributed by atoms with Crippen molar-refractivity contribution in [2.75, 3.05) is 34.3 Å². The van der Waals surface area contributed by atoms with Crippen LogP contribution >= 0.6 is 0 Å². The van der Waals surface area contributed by atoms with Gasteiger partial charge in [-0.25, -0.2) is 4.21 Å². The number of rotatable bonds is 4. The van der Waals surface area contributed by atoms with Crippen molar-refractivity contribution in [3.05, 3.63) is 0 Å². The summed E-state index contributed by atoms with van der Waals surface area (Å²) in [4.78, 5) is 0. The fourth-order valence-corrected chi connectivity index (χ4v) is 0.530. The largest absolute Gasteiger partial charge is 1.00 e.